The maximum atomic E-state index is 11.7. The first-order valence-corrected chi connectivity index (χ1v) is 9.62. The van der Waals surface area contributed by atoms with Gasteiger partial charge >= 0.3 is 0 Å². The van der Waals surface area contributed by atoms with Crippen LogP contribution in [0.4, 0.5) is 11.4 Å². The van der Waals surface area contributed by atoms with Gasteiger partial charge in [0, 0.05) is 31.3 Å². The number of fused-ring (bicyclic) bond motifs is 1. The maximum absolute atomic E-state index is 11.7. The second kappa shape index (κ2) is 8.15. The van der Waals surface area contributed by atoms with Crippen LogP contribution >= 0.6 is 0 Å². The summed E-state index contributed by atoms with van der Waals surface area (Å²) in [6.07, 6.45) is 6.09. The summed E-state index contributed by atoms with van der Waals surface area (Å²) in [6, 6.07) is 26.6. The highest BCUT2D eigenvalue weighted by molar-refractivity contribution is 5.76. The SMILES string of the molecule is CN(C)c1ccc([C@H](C=C2C=Cc3ccccc3N2N=O)c2ccccc2)cc1. The van der Waals surface area contributed by atoms with Gasteiger partial charge in [0.25, 0.3) is 0 Å². The van der Waals surface area contributed by atoms with E-state index in [2.05, 4.69) is 52.7 Å². The molecule has 29 heavy (non-hydrogen) atoms. The summed E-state index contributed by atoms with van der Waals surface area (Å²) >= 11 is 0. The van der Waals surface area contributed by atoms with Crippen LogP contribution < -0.4 is 9.91 Å². The molecule has 0 saturated carbocycles. The van der Waals surface area contributed by atoms with Crippen LogP contribution in [0.25, 0.3) is 6.08 Å². The van der Waals surface area contributed by atoms with Crippen molar-refractivity contribution in [3.8, 4) is 0 Å². The van der Waals surface area contributed by atoms with Crippen molar-refractivity contribution in [1.82, 2.24) is 0 Å². The Bertz CT molecular complexity index is 1050. The number of nitrogens with zero attached hydrogens (tertiary/aromatic N) is 3. The summed E-state index contributed by atoms with van der Waals surface area (Å²) in [5.74, 6) is 0.00146. The Labute approximate surface area is 171 Å². The molecule has 4 rings (SSSR count). The van der Waals surface area contributed by atoms with Gasteiger partial charge in [-0.3, -0.25) is 0 Å². The van der Waals surface area contributed by atoms with Gasteiger partial charge in [0.1, 0.15) is 0 Å². The third-order valence-corrected chi connectivity index (χ3v) is 5.19. The van der Waals surface area contributed by atoms with Gasteiger partial charge < -0.3 is 4.90 Å². The van der Waals surface area contributed by atoms with Crippen molar-refractivity contribution >= 4 is 17.5 Å². The van der Waals surface area contributed by atoms with E-state index >= 15 is 0 Å². The number of nitroso groups, excluding NO2 is 1. The predicted octanol–water partition coefficient (Wildman–Crippen LogP) is 5.98. The van der Waals surface area contributed by atoms with Crippen molar-refractivity contribution < 1.29 is 0 Å². The molecule has 0 radical (unpaired) electrons. The highest BCUT2D eigenvalue weighted by atomic mass is 16.3. The topological polar surface area (TPSA) is 35.9 Å². The first kappa shape index (κ1) is 18.7. The van der Waals surface area contributed by atoms with Gasteiger partial charge in [0.05, 0.1) is 16.7 Å². The summed E-state index contributed by atoms with van der Waals surface area (Å²) in [7, 11) is 4.06. The minimum atomic E-state index is 0.00146. The molecule has 0 aromatic heterocycles. The van der Waals surface area contributed by atoms with E-state index in [0.717, 1.165) is 33.8 Å². The Balaban J connectivity index is 1.79. The second-order valence-electron chi connectivity index (χ2n) is 7.25. The predicted molar refractivity (Wildman–Crippen MR) is 121 cm³/mol. The third-order valence-electron chi connectivity index (χ3n) is 5.19. The molecule has 1 atom stereocenters. The molecule has 3 aromatic rings. The van der Waals surface area contributed by atoms with Crippen molar-refractivity contribution in [3.63, 3.8) is 0 Å². The number of rotatable bonds is 5. The van der Waals surface area contributed by atoms with Crippen LogP contribution in [0.3, 0.4) is 0 Å². The van der Waals surface area contributed by atoms with Crippen molar-refractivity contribution in [3.05, 3.63) is 118 Å². The lowest BCUT2D eigenvalue weighted by molar-refractivity contribution is 0.952. The second-order valence-corrected chi connectivity index (χ2v) is 7.25. The van der Waals surface area contributed by atoms with E-state index in [1.54, 1.807) is 0 Å². The number of hydrogen-bond acceptors (Lipinski definition) is 3. The number of para-hydroxylation sites is 1. The first-order chi connectivity index (χ1) is 14.2. The minimum Gasteiger partial charge on any atom is -0.378 e. The molecular formula is C25H23N3O. The first-order valence-electron chi connectivity index (χ1n) is 9.62. The minimum absolute atomic E-state index is 0.00146. The third kappa shape index (κ3) is 3.83. The summed E-state index contributed by atoms with van der Waals surface area (Å²) in [6.45, 7) is 0. The molecule has 4 nitrogen and oxygen atoms in total. The van der Waals surface area contributed by atoms with Crippen LogP contribution in [-0.2, 0) is 0 Å². The molecule has 4 heteroatoms. The lowest BCUT2D eigenvalue weighted by Crippen LogP contribution is -2.18. The molecule has 0 aliphatic carbocycles. The van der Waals surface area contributed by atoms with E-state index in [9.17, 15) is 4.91 Å². The average molecular weight is 381 g/mol. The Morgan fingerprint density at radius 3 is 2.17 bits per heavy atom. The molecule has 1 aliphatic heterocycles. The van der Waals surface area contributed by atoms with Gasteiger partial charge in [0.2, 0.25) is 0 Å². The van der Waals surface area contributed by atoms with E-state index in [1.165, 1.54) is 5.01 Å². The maximum Gasteiger partial charge on any atom is 0.0757 e. The Morgan fingerprint density at radius 1 is 0.828 bits per heavy atom. The molecule has 1 heterocycles. The molecule has 0 spiro atoms. The Morgan fingerprint density at radius 2 is 1.48 bits per heavy atom. The van der Waals surface area contributed by atoms with E-state index in [1.807, 2.05) is 68.7 Å². The summed E-state index contributed by atoms with van der Waals surface area (Å²) in [5, 5.41) is 4.78. The van der Waals surface area contributed by atoms with Crippen molar-refractivity contribution in [2.24, 2.45) is 5.29 Å². The molecule has 0 unspecified atom stereocenters. The number of anilines is 2. The lowest BCUT2D eigenvalue weighted by Gasteiger charge is -2.25. The van der Waals surface area contributed by atoms with Crippen molar-refractivity contribution in [2.45, 2.75) is 5.92 Å². The normalized spacial score (nSPS) is 15.1. The molecule has 3 aromatic carbocycles. The largest absolute Gasteiger partial charge is 0.378 e. The van der Waals surface area contributed by atoms with Crippen molar-refractivity contribution in [2.75, 3.05) is 24.0 Å². The highest BCUT2D eigenvalue weighted by Gasteiger charge is 2.21. The molecule has 1 aliphatic rings. The molecule has 144 valence electrons. The molecule has 0 bridgehead atoms. The van der Waals surface area contributed by atoms with Gasteiger partial charge in [-0.05, 0) is 41.5 Å². The lowest BCUT2D eigenvalue weighted by atomic mass is 9.89. The van der Waals surface area contributed by atoms with Crippen molar-refractivity contribution in [1.29, 1.82) is 0 Å². The number of hydrogen-bond donors (Lipinski definition) is 0. The average Bonchev–Trinajstić information content (AvgIpc) is 2.77. The summed E-state index contributed by atoms with van der Waals surface area (Å²) in [4.78, 5) is 13.8. The fourth-order valence-corrected chi connectivity index (χ4v) is 3.62. The Kier molecular flexibility index (Phi) is 5.25. The van der Waals surface area contributed by atoms with E-state index in [0.29, 0.717) is 0 Å². The highest BCUT2D eigenvalue weighted by Crippen LogP contribution is 2.35. The Hall–Kier alpha value is -3.66. The van der Waals surface area contributed by atoms with Gasteiger partial charge in [-0.2, -0.15) is 5.01 Å². The fraction of sp³-hybridized carbons (Fsp3) is 0.120. The van der Waals surface area contributed by atoms with Gasteiger partial charge in [-0.25, -0.2) is 0 Å². The van der Waals surface area contributed by atoms with Crippen LogP contribution in [0.15, 0.2) is 102 Å². The monoisotopic (exact) mass is 381 g/mol. The standard InChI is InChI=1S/C25H23N3O/c1-27(2)22-15-12-20(13-16-22)24(19-8-4-3-5-9-19)18-23-17-14-21-10-6-7-11-25(21)28(23)26-29/h3-18,24H,1-2H3/t24-/m1/s1. The molecule has 0 N–H and O–H groups in total. The van der Waals surface area contributed by atoms with Gasteiger partial charge in [-0.1, -0.05) is 66.7 Å². The smallest absolute Gasteiger partial charge is 0.0757 e. The number of allylic oxidation sites excluding steroid dienone is 2. The van der Waals surface area contributed by atoms with Crippen LogP contribution in [0.2, 0.25) is 0 Å². The molecule has 0 fully saturated rings. The zero-order valence-corrected chi connectivity index (χ0v) is 16.6. The van der Waals surface area contributed by atoms with Gasteiger partial charge in [0.15, 0.2) is 0 Å². The van der Waals surface area contributed by atoms with Crippen LogP contribution in [0, 0.1) is 4.91 Å². The van der Waals surface area contributed by atoms with E-state index in [-0.39, 0.29) is 5.92 Å². The quantitative estimate of drug-likeness (QED) is 0.510. The summed E-state index contributed by atoms with van der Waals surface area (Å²) in [5.41, 5.74) is 6.02. The molecular weight excluding hydrogens is 358 g/mol. The fourth-order valence-electron chi connectivity index (χ4n) is 3.62. The van der Waals surface area contributed by atoms with Crippen LogP contribution in [0.5, 0.6) is 0 Å². The zero-order chi connectivity index (χ0) is 20.2. The summed E-state index contributed by atoms with van der Waals surface area (Å²) < 4.78 is 0. The van der Waals surface area contributed by atoms with E-state index < -0.39 is 0 Å². The van der Waals surface area contributed by atoms with Gasteiger partial charge in [-0.15, -0.1) is 4.91 Å². The van der Waals surface area contributed by atoms with E-state index in [4.69, 9.17) is 0 Å². The van der Waals surface area contributed by atoms with Crippen LogP contribution in [-0.4, -0.2) is 14.1 Å². The molecule has 0 saturated heterocycles. The number of benzene rings is 3. The zero-order valence-electron chi connectivity index (χ0n) is 16.6. The van der Waals surface area contributed by atoms with Crippen LogP contribution in [0.1, 0.15) is 22.6 Å². The molecule has 0 amide bonds.